The molecule has 0 aliphatic rings. The molecule has 0 bridgehead atoms. The van der Waals surface area contributed by atoms with Gasteiger partial charge < -0.3 is 5.32 Å². The summed E-state index contributed by atoms with van der Waals surface area (Å²) in [4.78, 5) is 10.4. The number of hydrogen-bond acceptors (Lipinski definition) is 4. The topological polar surface area (TPSA) is 37.8 Å². The first-order chi connectivity index (χ1) is 10.0. The maximum atomic E-state index is 4.60. The van der Waals surface area contributed by atoms with Gasteiger partial charge in [0.15, 0.2) is 5.16 Å². The van der Waals surface area contributed by atoms with Gasteiger partial charge in [0.1, 0.15) is 0 Å². The quantitative estimate of drug-likeness (QED) is 0.795. The lowest BCUT2D eigenvalue weighted by molar-refractivity contribution is 0.717. The molecule has 0 fully saturated rings. The molecule has 0 aliphatic heterocycles. The Bertz CT molecular complexity index is 620. The first-order valence-corrected chi connectivity index (χ1v) is 8.61. The number of hydrogen-bond donors (Lipinski definition) is 1. The Labute approximate surface area is 139 Å². The Hall–Kier alpha value is -0.910. The Morgan fingerprint density at radius 2 is 1.81 bits per heavy atom. The summed E-state index contributed by atoms with van der Waals surface area (Å²) in [5.41, 5.74) is 4.53. The van der Waals surface area contributed by atoms with Crippen LogP contribution in [0.1, 0.15) is 29.4 Å². The number of nitrogens with one attached hydrogen (secondary N) is 1. The molecule has 0 atom stereocenters. The molecule has 5 heteroatoms. The van der Waals surface area contributed by atoms with Crippen LogP contribution in [0.3, 0.4) is 0 Å². The fourth-order valence-electron chi connectivity index (χ4n) is 1.91. The third-order valence-corrected chi connectivity index (χ3v) is 4.87. The zero-order valence-corrected chi connectivity index (χ0v) is 15.2. The minimum absolute atomic E-state index is 0.812. The lowest BCUT2D eigenvalue weighted by atomic mass is 10.2. The summed E-state index contributed by atoms with van der Waals surface area (Å²) in [7, 11) is 0. The zero-order chi connectivity index (χ0) is 15.4. The second-order valence-corrected chi connectivity index (χ2v) is 6.86. The normalized spacial score (nSPS) is 10.9. The van der Waals surface area contributed by atoms with E-state index in [-0.39, 0.29) is 0 Å². The molecule has 1 heterocycles. The molecule has 3 nitrogen and oxygen atoms in total. The van der Waals surface area contributed by atoms with Crippen molar-refractivity contribution in [3.8, 4) is 0 Å². The molecular formula is C16H20BrN3S. The lowest BCUT2D eigenvalue weighted by Crippen LogP contribution is -2.12. The Morgan fingerprint density at radius 3 is 2.43 bits per heavy atom. The van der Waals surface area contributed by atoms with Gasteiger partial charge in [-0.15, -0.1) is 0 Å². The van der Waals surface area contributed by atoms with Crippen LogP contribution in [0.4, 0.5) is 0 Å². The van der Waals surface area contributed by atoms with Gasteiger partial charge in [-0.3, -0.25) is 0 Å². The van der Waals surface area contributed by atoms with E-state index in [9.17, 15) is 0 Å². The van der Waals surface area contributed by atoms with Crippen molar-refractivity contribution >= 4 is 27.7 Å². The molecule has 21 heavy (non-hydrogen) atoms. The van der Waals surface area contributed by atoms with Crippen molar-refractivity contribution in [3.63, 3.8) is 0 Å². The van der Waals surface area contributed by atoms with Crippen molar-refractivity contribution < 1.29 is 0 Å². The molecule has 2 rings (SSSR count). The van der Waals surface area contributed by atoms with Gasteiger partial charge in [0, 0.05) is 27.3 Å². The molecule has 0 unspecified atom stereocenters. The predicted octanol–water partition coefficient (Wildman–Crippen LogP) is 4.43. The highest BCUT2D eigenvalue weighted by molar-refractivity contribution is 9.10. The van der Waals surface area contributed by atoms with E-state index in [2.05, 4.69) is 63.3 Å². The molecule has 0 amide bonds. The van der Waals surface area contributed by atoms with E-state index in [1.165, 1.54) is 16.0 Å². The molecule has 1 aromatic heterocycles. The van der Waals surface area contributed by atoms with Crippen LogP contribution in [0.25, 0.3) is 0 Å². The molecule has 0 spiro atoms. The van der Waals surface area contributed by atoms with Gasteiger partial charge in [-0.2, -0.15) is 0 Å². The molecule has 0 saturated heterocycles. The first kappa shape index (κ1) is 16.5. The molecule has 0 radical (unpaired) electrons. The first-order valence-electron chi connectivity index (χ1n) is 7.00. The fourth-order valence-corrected chi connectivity index (χ4v) is 3.45. The summed E-state index contributed by atoms with van der Waals surface area (Å²) < 4.78 is 1.07. The number of aromatic nitrogens is 2. The summed E-state index contributed by atoms with van der Waals surface area (Å²) in [5.74, 6) is 0. The second kappa shape index (κ2) is 7.38. The van der Waals surface area contributed by atoms with Gasteiger partial charge in [-0.1, -0.05) is 28.9 Å². The van der Waals surface area contributed by atoms with Crippen LogP contribution in [-0.4, -0.2) is 16.5 Å². The third-order valence-electron chi connectivity index (χ3n) is 3.41. The van der Waals surface area contributed by atoms with Gasteiger partial charge in [-0.05, 0) is 62.3 Å². The minimum Gasteiger partial charge on any atom is -0.313 e. The van der Waals surface area contributed by atoms with Crippen LogP contribution < -0.4 is 5.32 Å². The highest BCUT2D eigenvalue weighted by Crippen LogP contribution is 2.31. The smallest absolute Gasteiger partial charge is 0.192 e. The zero-order valence-electron chi connectivity index (χ0n) is 12.8. The largest absolute Gasteiger partial charge is 0.313 e. The van der Waals surface area contributed by atoms with Crippen LogP contribution in [-0.2, 0) is 6.54 Å². The Morgan fingerprint density at radius 1 is 1.14 bits per heavy atom. The molecule has 0 aliphatic carbocycles. The van der Waals surface area contributed by atoms with Crippen molar-refractivity contribution in [2.24, 2.45) is 0 Å². The summed E-state index contributed by atoms with van der Waals surface area (Å²) in [6, 6.07) is 6.34. The second-order valence-electron chi connectivity index (χ2n) is 4.94. The molecule has 1 aromatic carbocycles. The van der Waals surface area contributed by atoms with Crippen LogP contribution in [0, 0.1) is 20.8 Å². The number of aryl methyl sites for hydroxylation is 2. The van der Waals surface area contributed by atoms with Crippen molar-refractivity contribution in [2.75, 3.05) is 6.54 Å². The van der Waals surface area contributed by atoms with Crippen molar-refractivity contribution in [2.45, 2.75) is 44.3 Å². The molecule has 1 N–H and O–H groups in total. The average Bonchev–Trinajstić information content (AvgIpc) is 2.44. The van der Waals surface area contributed by atoms with E-state index >= 15 is 0 Å². The molecule has 0 saturated carbocycles. The van der Waals surface area contributed by atoms with Crippen molar-refractivity contribution in [1.82, 2.24) is 15.3 Å². The average molecular weight is 366 g/mol. The number of halogens is 1. The lowest BCUT2D eigenvalue weighted by Gasteiger charge is -2.11. The van der Waals surface area contributed by atoms with E-state index in [0.717, 1.165) is 34.1 Å². The van der Waals surface area contributed by atoms with Gasteiger partial charge in [0.2, 0.25) is 0 Å². The standard InChI is InChI=1S/C16H20BrN3S/c1-5-18-9-13-6-7-14(17)8-15(13)21-16-19-11(3)10(2)12(4)20-16/h6-8,18H,5,9H2,1-4H3. The summed E-state index contributed by atoms with van der Waals surface area (Å²) >= 11 is 5.17. The van der Waals surface area contributed by atoms with Crippen molar-refractivity contribution in [3.05, 3.63) is 45.2 Å². The Balaban J connectivity index is 2.32. The SMILES string of the molecule is CCNCc1ccc(Br)cc1Sc1nc(C)c(C)c(C)n1. The van der Waals surface area contributed by atoms with Gasteiger partial charge in [-0.25, -0.2) is 9.97 Å². The van der Waals surface area contributed by atoms with E-state index in [0.29, 0.717) is 0 Å². The number of nitrogens with zero attached hydrogens (tertiary/aromatic N) is 2. The van der Waals surface area contributed by atoms with Crippen LogP contribution in [0.2, 0.25) is 0 Å². The maximum Gasteiger partial charge on any atom is 0.192 e. The highest BCUT2D eigenvalue weighted by atomic mass is 79.9. The Kier molecular flexibility index (Phi) is 5.79. The van der Waals surface area contributed by atoms with Gasteiger partial charge in [0.25, 0.3) is 0 Å². The molecule has 112 valence electrons. The highest BCUT2D eigenvalue weighted by Gasteiger charge is 2.10. The van der Waals surface area contributed by atoms with E-state index in [4.69, 9.17) is 0 Å². The minimum atomic E-state index is 0.812. The van der Waals surface area contributed by atoms with Gasteiger partial charge in [0.05, 0.1) is 0 Å². The van der Waals surface area contributed by atoms with Gasteiger partial charge >= 0.3 is 0 Å². The van der Waals surface area contributed by atoms with Crippen LogP contribution in [0.5, 0.6) is 0 Å². The van der Waals surface area contributed by atoms with E-state index in [1.807, 2.05) is 13.8 Å². The van der Waals surface area contributed by atoms with E-state index < -0.39 is 0 Å². The van der Waals surface area contributed by atoms with Crippen LogP contribution in [0.15, 0.2) is 32.7 Å². The van der Waals surface area contributed by atoms with Crippen LogP contribution >= 0.6 is 27.7 Å². The monoisotopic (exact) mass is 365 g/mol. The van der Waals surface area contributed by atoms with E-state index in [1.54, 1.807) is 11.8 Å². The summed E-state index contributed by atoms with van der Waals surface area (Å²) in [6.07, 6.45) is 0. The molecule has 2 aromatic rings. The predicted molar refractivity (Wildman–Crippen MR) is 91.9 cm³/mol. The summed E-state index contributed by atoms with van der Waals surface area (Å²) in [6.45, 7) is 10.1. The maximum absolute atomic E-state index is 4.60. The fraction of sp³-hybridized carbons (Fsp3) is 0.375. The number of benzene rings is 1. The third kappa shape index (κ3) is 4.28. The number of rotatable bonds is 5. The summed E-state index contributed by atoms with van der Waals surface area (Å²) in [5, 5.41) is 4.18. The molecular weight excluding hydrogens is 346 g/mol. The van der Waals surface area contributed by atoms with Crippen molar-refractivity contribution in [1.29, 1.82) is 0 Å².